The number of aromatic nitrogens is 1. The zero-order valence-corrected chi connectivity index (χ0v) is 12.2. The van der Waals surface area contributed by atoms with E-state index in [1.165, 1.54) is 0 Å². The summed E-state index contributed by atoms with van der Waals surface area (Å²) in [6, 6.07) is 7.80. The third kappa shape index (κ3) is 2.59. The standard InChI is InChI=1S/C15H17N3OS/c1-10-9-20-14(17-10)11-3-2-4-12(7-11)15(19)18-6-5-13(16)8-18/h2-4,7,9,13H,5-6,8,16H2,1H3/t13-/m1/s1. The van der Waals surface area contributed by atoms with E-state index in [0.717, 1.165) is 29.2 Å². The molecule has 1 aliphatic heterocycles. The molecule has 1 aliphatic rings. The molecule has 0 aliphatic carbocycles. The van der Waals surface area contributed by atoms with Crippen molar-refractivity contribution in [3.05, 3.63) is 40.9 Å². The van der Waals surface area contributed by atoms with E-state index in [-0.39, 0.29) is 11.9 Å². The number of amides is 1. The largest absolute Gasteiger partial charge is 0.337 e. The van der Waals surface area contributed by atoms with Gasteiger partial charge in [-0.15, -0.1) is 11.3 Å². The number of hydrogen-bond acceptors (Lipinski definition) is 4. The van der Waals surface area contributed by atoms with Crippen LogP contribution in [0.3, 0.4) is 0 Å². The van der Waals surface area contributed by atoms with Crippen molar-refractivity contribution in [2.24, 2.45) is 5.73 Å². The summed E-state index contributed by atoms with van der Waals surface area (Å²) in [5.74, 6) is 0.0630. The number of hydrogen-bond donors (Lipinski definition) is 1. The molecule has 1 fully saturated rings. The maximum atomic E-state index is 12.4. The fourth-order valence-corrected chi connectivity index (χ4v) is 3.22. The average Bonchev–Trinajstić information content (AvgIpc) is 3.07. The molecule has 3 rings (SSSR count). The van der Waals surface area contributed by atoms with E-state index < -0.39 is 0 Å². The molecule has 1 amide bonds. The van der Waals surface area contributed by atoms with E-state index in [2.05, 4.69) is 4.98 Å². The Hall–Kier alpha value is -1.72. The van der Waals surface area contributed by atoms with Gasteiger partial charge in [0.2, 0.25) is 0 Å². The van der Waals surface area contributed by atoms with Crippen molar-refractivity contribution in [2.75, 3.05) is 13.1 Å². The smallest absolute Gasteiger partial charge is 0.253 e. The molecule has 0 spiro atoms. The molecule has 5 heteroatoms. The average molecular weight is 287 g/mol. The van der Waals surface area contributed by atoms with Gasteiger partial charge in [-0.1, -0.05) is 12.1 Å². The van der Waals surface area contributed by atoms with Gasteiger partial charge in [-0.2, -0.15) is 0 Å². The quantitative estimate of drug-likeness (QED) is 0.922. The van der Waals surface area contributed by atoms with Gasteiger partial charge < -0.3 is 10.6 Å². The second-order valence-electron chi connectivity index (χ2n) is 5.17. The van der Waals surface area contributed by atoms with Gasteiger partial charge in [0, 0.05) is 41.3 Å². The summed E-state index contributed by atoms with van der Waals surface area (Å²) in [6.07, 6.45) is 0.886. The predicted octanol–water partition coefficient (Wildman–Crippen LogP) is 2.29. The van der Waals surface area contributed by atoms with Crippen LogP contribution in [0.2, 0.25) is 0 Å². The van der Waals surface area contributed by atoms with Crippen molar-refractivity contribution in [2.45, 2.75) is 19.4 Å². The highest BCUT2D eigenvalue weighted by molar-refractivity contribution is 7.13. The lowest BCUT2D eigenvalue weighted by molar-refractivity contribution is 0.0791. The van der Waals surface area contributed by atoms with Crippen LogP contribution in [0, 0.1) is 6.92 Å². The molecule has 0 bridgehead atoms. The molecule has 0 radical (unpaired) electrons. The maximum Gasteiger partial charge on any atom is 0.253 e. The molecule has 2 heterocycles. The first kappa shape index (κ1) is 13.3. The molecule has 20 heavy (non-hydrogen) atoms. The monoisotopic (exact) mass is 287 g/mol. The topological polar surface area (TPSA) is 59.2 Å². The number of aryl methyl sites for hydroxylation is 1. The van der Waals surface area contributed by atoms with Crippen molar-refractivity contribution in [1.29, 1.82) is 0 Å². The number of nitrogens with two attached hydrogens (primary N) is 1. The molecule has 104 valence electrons. The second kappa shape index (κ2) is 5.34. The predicted molar refractivity (Wildman–Crippen MR) is 80.8 cm³/mol. The van der Waals surface area contributed by atoms with Crippen LogP contribution in [0.25, 0.3) is 10.6 Å². The highest BCUT2D eigenvalue weighted by Gasteiger charge is 2.24. The zero-order chi connectivity index (χ0) is 14.1. The van der Waals surface area contributed by atoms with Crippen molar-refractivity contribution < 1.29 is 4.79 Å². The third-order valence-corrected chi connectivity index (χ3v) is 4.50. The van der Waals surface area contributed by atoms with Crippen molar-refractivity contribution in [1.82, 2.24) is 9.88 Å². The Balaban J connectivity index is 1.86. The first-order chi connectivity index (χ1) is 9.63. The van der Waals surface area contributed by atoms with E-state index in [9.17, 15) is 4.79 Å². The molecule has 0 saturated carbocycles. The van der Waals surface area contributed by atoms with Gasteiger partial charge in [-0.3, -0.25) is 4.79 Å². The number of rotatable bonds is 2. The van der Waals surface area contributed by atoms with E-state index in [0.29, 0.717) is 12.1 Å². The van der Waals surface area contributed by atoms with Gasteiger partial charge in [-0.25, -0.2) is 4.98 Å². The van der Waals surface area contributed by atoms with Crippen LogP contribution in [-0.2, 0) is 0 Å². The normalized spacial score (nSPS) is 18.5. The maximum absolute atomic E-state index is 12.4. The van der Waals surface area contributed by atoms with Crippen LogP contribution in [0.4, 0.5) is 0 Å². The van der Waals surface area contributed by atoms with Crippen molar-refractivity contribution in [3.63, 3.8) is 0 Å². The van der Waals surface area contributed by atoms with Crippen LogP contribution in [0.15, 0.2) is 29.6 Å². The SMILES string of the molecule is Cc1csc(-c2cccc(C(=O)N3CC[C@@H](N)C3)c2)n1. The molecule has 1 aromatic heterocycles. The lowest BCUT2D eigenvalue weighted by atomic mass is 10.1. The van der Waals surface area contributed by atoms with Crippen molar-refractivity contribution in [3.8, 4) is 10.6 Å². The minimum atomic E-state index is 0.0630. The van der Waals surface area contributed by atoms with E-state index in [1.54, 1.807) is 11.3 Å². The summed E-state index contributed by atoms with van der Waals surface area (Å²) in [6.45, 7) is 3.38. The highest BCUT2D eigenvalue weighted by Crippen LogP contribution is 2.25. The van der Waals surface area contributed by atoms with Gasteiger partial charge in [0.05, 0.1) is 0 Å². The van der Waals surface area contributed by atoms with Crippen LogP contribution in [-0.4, -0.2) is 34.9 Å². The lowest BCUT2D eigenvalue weighted by Crippen LogP contribution is -2.31. The Bertz CT molecular complexity index is 638. The lowest BCUT2D eigenvalue weighted by Gasteiger charge is -2.16. The van der Waals surface area contributed by atoms with Crippen LogP contribution in [0.1, 0.15) is 22.5 Å². The zero-order valence-electron chi connectivity index (χ0n) is 11.4. The van der Waals surface area contributed by atoms with Crippen LogP contribution < -0.4 is 5.73 Å². The number of benzene rings is 1. The number of likely N-dealkylation sites (tertiary alicyclic amines) is 1. The summed E-state index contributed by atoms with van der Waals surface area (Å²) >= 11 is 1.60. The van der Waals surface area contributed by atoms with Gasteiger partial charge in [-0.05, 0) is 25.5 Å². The molecule has 4 nitrogen and oxygen atoms in total. The van der Waals surface area contributed by atoms with E-state index in [1.807, 2.05) is 41.5 Å². The minimum Gasteiger partial charge on any atom is -0.337 e. The summed E-state index contributed by atoms with van der Waals surface area (Å²) in [7, 11) is 0. The third-order valence-electron chi connectivity index (χ3n) is 3.49. The number of nitrogens with zero attached hydrogens (tertiary/aromatic N) is 2. The Labute approximate surface area is 122 Å². The Morgan fingerprint density at radius 2 is 2.35 bits per heavy atom. The van der Waals surface area contributed by atoms with Gasteiger partial charge in [0.25, 0.3) is 5.91 Å². The minimum absolute atomic E-state index is 0.0630. The van der Waals surface area contributed by atoms with Gasteiger partial charge in [0.15, 0.2) is 0 Å². The first-order valence-electron chi connectivity index (χ1n) is 6.71. The molecule has 2 N–H and O–H groups in total. The van der Waals surface area contributed by atoms with Crippen LogP contribution in [0.5, 0.6) is 0 Å². The fourth-order valence-electron chi connectivity index (χ4n) is 2.43. The van der Waals surface area contributed by atoms with Gasteiger partial charge >= 0.3 is 0 Å². The Kier molecular flexibility index (Phi) is 3.54. The second-order valence-corrected chi connectivity index (χ2v) is 6.03. The number of thiazole rings is 1. The molecular weight excluding hydrogens is 270 g/mol. The molecule has 1 atom stereocenters. The Morgan fingerprint density at radius 3 is 3.00 bits per heavy atom. The fraction of sp³-hybridized carbons (Fsp3) is 0.333. The first-order valence-corrected chi connectivity index (χ1v) is 7.59. The van der Waals surface area contributed by atoms with Gasteiger partial charge in [0.1, 0.15) is 5.01 Å². The van der Waals surface area contributed by atoms with E-state index in [4.69, 9.17) is 5.73 Å². The molecule has 0 unspecified atom stereocenters. The number of carbonyl (C=O) groups excluding carboxylic acids is 1. The number of carbonyl (C=O) groups is 1. The molecular formula is C15H17N3OS. The molecule has 2 aromatic rings. The molecule has 1 saturated heterocycles. The van der Waals surface area contributed by atoms with Crippen LogP contribution >= 0.6 is 11.3 Å². The summed E-state index contributed by atoms with van der Waals surface area (Å²) in [4.78, 5) is 18.7. The molecule has 1 aromatic carbocycles. The van der Waals surface area contributed by atoms with E-state index >= 15 is 0 Å². The highest BCUT2D eigenvalue weighted by atomic mass is 32.1. The summed E-state index contributed by atoms with van der Waals surface area (Å²) < 4.78 is 0. The van der Waals surface area contributed by atoms with Crippen molar-refractivity contribution >= 4 is 17.2 Å². The Morgan fingerprint density at radius 1 is 1.50 bits per heavy atom. The summed E-state index contributed by atoms with van der Waals surface area (Å²) in [5, 5.41) is 2.97. The summed E-state index contributed by atoms with van der Waals surface area (Å²) in [5.41, 5.74) is 8.58.